The van der Waals surface area contributed by atoms with Crippen LogP contribution in [-0.4, -0.2) is 33.5 Å². The van der Waals surface area contributed by atoms with Crippen LogP contribution in [0.5, 0.6) is 0 Å². The van der Waals surface area contributed by atoms with Crippen LogP contribution in [-0.2, 0) is 11.3 Å². The highest BCUT2D eigenvalue weighted by molar-refractivity contribution is 7.16. The van der Waals surface area contributed by atoms with Gasteiger partial charge in [0.2, 0.25) is 0 Å². The van der Waals surface area contributed by atoms with E-state index in [1.165, 1.54) is 22.2 Å². The number of hydrogen-bond acceptors (Lipinski definition) is 5. The summed E-state index contributed by atoms with van der Waals surface area (Å²) in [5, 5.41) is 12.2. The molecule has 1 unspecified atom stereocenters. The molecule has 5 nitrogen and oxygen atoms in total. The Morgan fingerprint density at radius 2 is 2.33 bits per heavy atom. The zero-order chi connectivity index (χ0) is 13.1. The molecule has 1 N–H and O–H groups in total. The summed E-state index contributed by atoms with van der Waals surface area (Å²) >= 11 is 1.43. The van der Waals surface area contributed by atoms with Crippen LogP contribution in [0.1, 0.15) is 13.8 Å². The number of hydrogen-bond donors (Lipinski definition) is 1. The van der Waals surface area contributed by atoms with Crippen LogP contribution in [0.15, 0.2) is 22.6 Å². The molecule has 0 aromatic carbocycles. The van der Waals surface area contributed by atoms with Crippen LogP contribution in [0, 0.1) is 0 Å². The maximum atomic E-state index is 12.0. The zero-order valence-corrected chi connectivity index (χ0v) is 11.2. The molecule has 2 aromatic rings. The van der Waals surface area contributed by atoms with Crippen LogP contribution in [0.3, 0.4) is 0 Å². The standard InChI is InChI=1S/C12H16N2O3S/c1-8(2)17-6-9(15)5-14-7-13-11-10(12(14)16)3-4-18-11/h3-4,7-9,15H,5-6H2,1-2H3. The number of rotatable bonds is 5. The monoisotopic (exact) mass is 268 g/mol. The number of nitrogens with zero attached hydrogens (tertiary/aromatic N) is 2. The second-order valence-corrected chi connectivity index (χ2v) is 5.27. The van der Waals surface area contributed by atoms with Crippen LogP contribution in [0.4, 0.5) is 0 Å². The minimum Gasteiger partial charge on any atom is -0.389 e. The minimum atomic E-state index is -0.706. The van der Waals surface area contributed by atoms with Gasteiger partial charge in [0, 0.05) is 0 Å². The molecular weight excluding hydrogens is 252 g/mol. The van der Waals surface area contributed by atoms with Gasteiger partial charge < -0.3 is 9.84 Å². The van der Waals surface area contributed by atoms with Crippen molar-refractivity contribution in [3.05, 3.63) is 28.1 Å². The predicted octanol–water partition coefficient (Wildman–Crippen LogP) is 1.24. The van der Waals surface area contributed by atoms with Gasteiger partial charge in [-0.2, -0.15) is 0 Å². The van der Waals surface area contributed by atoms with Gasteiger partial charge in [0.1, 0.15) is 4.83 Å². The summed E-state index contributed by atoms with van der Waals surface area (Å²) in [7, 11) is 0. The number of ether oxygens (including phenoxy) is 1. The molecule has 98 valence electrons. The summed E-state index contributed by atoms with van der Waals surface area (Å²) in [5.74, 6) is 0. The predicted molar refractivity (Wildman–Crippen MR) is 71.0 cm³/mol. The molecular formula is C12H16N2O3S. The van der Waals surface area contributed by atoms with E-state index in [0.29, 0.717) is 5.39 Å². The Morgan fingerprint density at radius 1 is 1.56 bits per heavy atom. The minimum absolute atomic E-state index is 0.0638. The molecule has 0 saturated carbocycles. The number of aliphatic hydroxyl groups excluding tert-OH is 1. The van der Waals surface area contributed by atoms with Gasteiger partial charge in [0.15, 0.2) is 0 Å². The van der Waals surface area contributed by atoms with Crippen LogP contribution in [0.25, 0.3) is 10.2 Å². The normalized spacial score (nSPS) is 13.3. The molecule has 0 aliphatic heterocycles. The van der Waals surface area contributed by atoms with E-state index in [1.807, 2.05) is 19.2 Å². The summed E-state index contributed by atoms with van der Waals surface area (Å²) in [5.41, 5.74) is -0.121. The summed E-state index contributed by atoms with van der Waals surface area (Å²) in [6.07, 6.45) is 0.830. The van der Waals surface area contributed by atoms with Crippen molar-refractivity contribution in [2.24, 2.45) is 0 Å². The SMILES string of the molecule is CC(C)OCC(O)Cn1cnc2sccc2c1=O. The van der Waals surface area contributed by atoms with E-state index in [2.05, 4.69) is 4.98 Å². The third-order valence-electron chi connectivity index (χ3n) is 2.48. The number of aliphatic hydroxyl groups is 1. The van der Waals surface area contributed by atoms with Crippen LogP contribution < -0.4 is 5.56 Å². The molecule has 0 spiro atoms. The van der Waals surface area contributed by atoms with Crippen molar-refractivity contribution in [1.82, 2.24) is 9.55 Å². The molecule has 1 atom stereocenters. The highest BCUT2D eigenvalue weighted by Gasteiger charge is 2.10. The Kier molecular flexibility index (Phi) is 4.11. The lowest BCUT2D eigenvalue weighted by molar-refractivity contribution is -0.00111. The lowest BCUT2D eigenvalue weighted by atomic mass is 10.3. The van der Waals surface area contributed by atoms with Gasteiger partial charge in [0.25, 0.3) is 5.56 Å². The lowest BCUT2D eigenvalue weighted by Crippen LogP contribution is -2.30. The highest BCUT2D eigenvalue weighted by Crippen LogP contribution is 2.13. The molecule has 0 aliphatic rings. The largest absolute Gasteiger partial charge is 0.389 e. The molecule has 0 radical (unpaired) electrons. The van der Waals surface area contributed by atoms with Crippen molar-refractivity contribution >= 4 is 21.6 Å². The summed E-state index contributed by atoms with van der Waals surface area (Å²) in [4.78, 5) is 16.9. The van der Waals surface area contributed by atoms with E-state index in [9.17, 15) is 9.90 Å². The molecule has 2 aromatic heterocycles. The maximum Gasteiger partial charge on any atom is 0.262 e. The fourth-order valence-corrected chi connectivity index (χ4v) is 2.33. The summed E-state index contributed by atoms with van der Waals surface area (Å²) in [6, 6.07) is 1.75. The molecule has 6 heteroatoms. The molecule has 18 heavy (non-hydrogen) atoms. The van der Waals surface area contributed by atoms with Gasteiger partial charge in [-0.3, -0.25) is 9.36 Å². The highest BCUT2D eigenvalue weighted by atomic mass is 32.1. The molecule has 0 fully saturated rings. The van der Waals surface area contributed by atoms with E-state index in [-0.39, 0.29) is 24.8 Å². The first-order valence-electron chi connectivity index (χ1n) is 5.80. The Labute approximate surface area is 109 Å². The van der Waals surface area contributed by atoms with E-state index >= 15 is 0 Å². The van der Waals surface area contributed by atoms with E-state index in [1.54, 1.807) is 6.07 Å². The van der Waals surface area contributed by atoms with Gasteiger partial charge in [-0.15, -0.1) is 11.3 Å². The zero-order valence-electron chi connectivity index (χ0n) is 10.4. The van der Waals surface area contributed by atoms with Crippen molar-refractivity contribution < 1.29 is 9.84 Å². The second-order valence-electron chi connectivity index (χ2n) is 4.38. The molecule has 2 heterocycles. The lowest BCUT2D eigenvalue weighted by Gasteiger charge is -2.14. The molecule has 0 bridgehead atoms. The average Bonchev–Trinajstić information content (AvgIpc) is 2.79. The van der Waals surface area contributed by atoms with Gasteiger partial charge in [-0.1, -0.05) is 0 Å². The molecule has 0 amide bonds. The first-order valence-corrected chi connectivity index (χ1v) is 6.68. The van der Waals surface area contributed by atoms with E-state index < -0.39 is 6.10 Å². The molecule has 0 saturated heterocycles. The van der Waals surface area contributed by atoms with Crippen molar-refractivity contribution in [1.29, 1.82) is 0 Å². The van der Waals surface area contributed by atoms with Crippen molar-refractivity contribution in [2.45, 2.75) is 32.6 Å². The average molecular weight is 268 g/mol. The third-order valence-corrected chi connectivity index (χ3v) is 3.30. The molecule has 0 aliphatic carbocycles. The van der Waals surface area contributed by atoms with Gasteiger partial charge >= 0.3 is 0 Å². The first-order chi connectivity index (χ1) is 8.58. The number of thiophene rings is 1. The number of fused-ring (bicyclic) bond motifs is 1. The van der Waals surface area contributed by atoms with Gasteiger partial charge in [0.05, 0.1) is 37.1 Å². The van der Waals surface area contributed by atoms with Crippen molar-refractivity contribution in [2.75, 3.05) is 6.61 Å². The fraction of sp³-hybridized carbons (Fsp3) is 0.500. The first kappa shape index (κ1) is 13.2. The summed E-state index contributed by atoms with van der Waals surface area (Å²) < 4.78 is 6.72. The summed E-state index contributed by atoms with van der Waals surface area (Å²) in [6.45, 7) is 4.21. The Morgan fingerprint density at radius 3 is 3.06 bits per heavy atom. The Balaban J connectivity index is 2.11. The van der Waals surface area contributed by atoms with Crippen molar-refractivity contribution in [3.63, 3.8) is 0 Å². The van der Waals surface area contributed by atoms with Gasteiger partial charge in [-0.05, 0) is 25.3 Å². The fourth-order valence-electron chi connectivity index (χ4n) is 1.61. The van der Waals surface area contributed by atoms with Gasteiger partial charge in [-0.25, -0.2) is 4.98 Å². The molecule has 2 rings (SSSR count). The Bertz CT molecular complexity index is 576. The van der Waals surface area contributed by atoms with E-state index in [0.717, 1.165) is 4.83 Å². The Hall–Kier alpha value is -1.24. The smallest absolute Gasteiger partial charge is 0.262 e. The maximum absolute atomic E-state index is 12.0. The number of aromatic nitrogens is 2. The second kappa shape index (κ2) is 5.60. The van der Waals surface area contributed by atoms with Crippen LogP contribution >= 0.6 is 11.3 Å². The van der Waals surface area contributed by atoms with E-state index in [4.69, 9.17) is 4.74 Å². The van der Waals surface area contributed by atoms with Crippen LogP contribution in [0.2, 0.25) is 0 Å². The quantitative estimate of drug-likeness (QED) is 0.886. The topological polar surface area (TPSA) is 64.3 Å². The van der Waals surface area contributed by atoms with Crippen molar-refractivity contribution in [3.8, 4) is 0 Å². The third kappa shape index (κ3) is 2.95.